The summed E-state index contributed by atoms with van der Waals surface area (Å²) in [5, 5.41) is 8.27. The van der Waals surface area contributed by atoms with Crippen molar-refractivity contribution in [3.05, 3.63) is 0 Å². The lowest BCUT2D eigenvalue weighted by Gasteiger charge is -2.31. The maximum Gasteiger partial charge on any atom is 0.339 e. The molecule has 1 aliphatic carbocycles. The van der Waals surface area contributed by atoms with Crippen molar-refractivity contribution >= 4 is 5.97 Å². The number of carbonyl (C=O) groups is 1. The molecule has 4 heteroatoms. The van der Waals surface area contributed by atoms with E-state index in [1.807, 2.05) is 0 Å². The van der Waals surface area contributed by atoms with Crippen LogP contribution in [0.4, 0.5) is 4.39 Å². The maximum atomic E-state index is 12.7. The number of rotatable bonds is 3. The second-order valence-corrected chi connectivity index (χ2v) is 3.01. The van der Waals surface area contributed by atoms with E-state index in [-0.39, 0.29) is 5.92 Å². The zero-order valence-electron chi connectivity index (χ0n) is 6.16. The van der Waals surface area contributed by atoms with E-state index in [0.29, 0.717) is 0 Å². The minimum absolute atomic E-state index is 0.0844. The van der Waals surface area contributed by atoms with Gasteiger partial charge in [0.25, 0.3) is 0 Å². The van der Waals surface area contributed by atoms with Crippen molar-refractivity contribution in [1.82, 2.24) is 0 Å². The summed E-state index contributed by atoms with van der Waals surface area (Å²) < 4.78 is 12.7. The van der Waals surface area contributed by atoms with Gasteiger partial charge in [-0.3, -0.25) is 0 Å². The zero-order chi connectivity index (χ0) is 8.43. The van der Waals surface area contributed by atoms with Crippen molar-refractivity contribution in [2.75, 3.05) is 0 Å². The van der Waals surface area contributed by atoms with Gasteiger partial charge < -0.3 is 10.8 Å². The predicted octanol–water partition coefficient (Wildman–Crippen LogP) is 0.536. The minimum atomic E-state index is -1.89. The molecule has 11 heavy (non-hydrogen) atoms. The summed E-state index contributed by atoms with van der Waals surface area (Å²) in [4.78, 5) is 10.1. The van der Waals surface area contributed by atoms with Crippen molar-refractivity contribution in [3.63, 3.8) is 0 Å². The highest BCUT2D eigenvalue weighted by Crippen LogP contribution is 2.30. The Morgan fingerprint density at radius 3 is 2.45 bits per heavy atom. The third-order valence-corrected chi connectivity index (χ3v) is 2.27. The van der Waals surface area contributed by atoms with Crippen molar-refractivity contribution in [2.24, 2.45) is 11.7 Å². The van der Waals surface area contributed by atoms with Gasteiger partial charge in [-0.25, -0.2) is 9.18 Å². The molecular formula is C7H12FNO2. The molecule has 1 fully saturated rings. The molecule has 1 rings (SSSR count). The van der Waals surface area contributed by atoms with Gasteiger partial charge in [-0.1, -0.05) is 6.42 Å². The molecule has 1 saturated carbocycles. The normalized spacial score (nSPS) is 23.8. The fraction of sp³-hybridized carbons (Fsp3) is 0.857. The number of carboxylic acids is 1. The Bertz CT molecular complexity index is 159. The molecule has 2 atom stereocenters. The van der Waals surface area contributed by atoms with Crippen molar-refractivity contribution in [2.45, 2.75) is 31.5 Å². The van der Waals surface area contributed by atoms with Gasteiger partial charge in [0.1, 0.15) is 0 Å². The molecule has 0 aromatic rings. The van der Waals surface area contributed by atoms with E-state index in [1.165, 1.54) is 0 Å². The molecule has 0 aliphatic heterocycles. The lowest BCUT2D eigenvalue weighted by molar-refractivity contribution is -0.144. The van der Waals surface area contributed by atoms with Crippen molar-refractivity contribution < 1.29 is 14.3 Å². The summed E-state index contributed by atoms with van der Waals surface area (Å²) in [6, 6.07) is -0.804. The SMILES string of the molecule is NC(C1CCC1)C(F)C(=O)O. The first-order chi connectivity index (χ1) is 5.13. The minimum Gasteiger partial charge on any atom is -0.479 e. The van der Waals surface area contributed by atoms with Crippen LogP contribution in [0.2, 0.25) is 0 Å². The number of aliphatic carboxylic acids is 1. The van der Waals surface area contributed by atoms with E-state index >= 15 is 0 Å². The average Bonchev–Trinajstić information content (AvgIpc) is 1.82. The zero-order valence-corrected chi connectivity index (χ0v) is 6.16. The van der Waals surface area contributed by atoms with Gasteiger partial charge in [0, 0.05) is 6.04 Å². The van der Waals surface area contributed by atoms with Crippen LogP contribution in [0.25, 0.3) is 0 Å². The number of halogens is 1. The topological polar surface area (TPSA) is 63.3 Å². The highest BCUT2D eigenvalue weighted by atomic mass is 19.1. The van der Waals surface area contributed by atoms with Gasteiger partial charge in [0.2, 0.25) is 6.17 Å². The Labute approximate surface area is 64.4 Å². The molecule has 0 heterocycles. The van der Waals surface area contributed by atoms with E-state index in [0.717, 1.165) is 19.3 Å². The van der Waals surface area contributed by atoms with Crippen LogP contribution in [0.1, 0.15) is 19.3 Å². The number of hydrogen-bond acceptors (Lipinski definition) is 2. The largest absolute Gasteiger partial charge is 0.479 e. The third-order valence-electron chi connectivity index (χ3n) is 2.27. The maximum absolute atomic E-state index is 12.7. The second kappa shape index (κ2) is 3.17. The Morgan fingerprint density at radius 2 is 2.18 bits per heavy atom. The van der Waals surface area contributed by atoms with Crippen LogP contribution < -0.4 is 5.73 Å². The standard InChI is InChI=1S/C7H12FNO2/c8-5(7(10)11)6(9)4-2-1-3-4/h4-6H,1-3,9H2,(H,10,11). The first-order valence-electron chi connectivity index (χ1n) is 3.75. The van der Waals surface area contributed by atoms with Crippen LogP contribution in [0.3, 0.4) is 0 Å². The van der Waals surface area contributed by atoms with Gasteiger partial charge in [-0.05, 0) is 18.8 Å². The highest BCUT2D eigenvalue weighted by molar-refractivity contribution is 5.73. The average molecular weight is 161 g/mol. The van der Waals surface area contributed by atoms with Gasteiger partial charge in [0.15, 0.2) is 0 Å². The Morgan fingerprint density at radius 1 is 1.64 bits per heavy atom. The van der Waals surface area contributed by atoms with Gasteiger partial charge in [-0.2, -0.15) is 0 Å². The van der Waals surface area contributed by atoms with Gasteiger partial charge in [-0.15, -0.1) is 0 Å². The number of hydrogen-bond donors (Lipinski definition) is 2. The summed E-state index contributed by atoms with van der Waals surface area (Å²) >= 11 is 0. The molecule has 64 valence electrons. The molecule has 0 saturated heterocycles. The lowest BCUT2D eigenvalue weighted by Crippen LogP contribution is -2.45. The Kier molecular flexibility index (Phi) is 2.44. The summed E-state index contributed by atoms with van der Waals surface area (Å²) in [6.45, 7) is 0. The summed E-state index contributed by atoms with van der Waals surface area (Å²) in [5.41, 5.74) is 5.37. The van der Waals surface area contributed by atoms with Crippen molar-refractivity contribution in [3.8, 4) is 0 Å². The molecule has 0 radical (unpaired) electrons. The fourth-order valence-corrected chi connectivity index (χ4v) is 1.23. The van der Waals surface area contributed by atoms with Gasteiger partial charge >= 0.3 is 5.97 Å². The number of carboxylic acid groups (broad SMARTS) is 1. The quantitative estimate of drug-likeness (QED) is 0.634. The molecule has 0 aromatic heterocycles. The fourth-order valence-electron chi connectivity index (χ4n) is 1.23. The van der Waals surface area contributed by atoms with E-state index in [9.17, 15) is 9.18 Å². The smallest absolute Gasteiger partial charge is 0.339 e. The molecule has 0 amide bonds. The number of nitrogens with two attached hydrogens (primary N) is 1. The monoisotopic (exact) mass is 161 g/mol. The van der Waals surface area contributed by atoms with Crippen LogP contribution in [0.15, 0.2) is 0 Å². The van der Waals surface area contributed by atoms with E-state index < -0.39 is 18.2 Å². The molecular weight excluding hydrogens is 149 g/mol. The predicted molar refractivity (Wildman–Crippen MR) is 37.8 cm³/mol. The van der Waals surface area contributed by atoms with E-state index in [2.05, 4.69) is 0 Å². The summed E-state index contributed by atoms with van der Waals surface area (Å²) in [5.74, 6) is -1.36. The second-order valence-electron chi connectivity index (χ2n) is 3.01. The Hall–Kier alpha value is -0.640. The molecule has 0 aromatic carbocycles. The van der Waals surface area contributed by atoms with Gasteiger partial charge in [0.05, 0.1) is 0 Å². The van der Waals surface area contributed by atoms with Crippen molar-refractivity contribution in [1.29, 1.82) is 0 Å². The lowest BCUT2D eigenvalue weighted by atomic mass is 9.78. The van der Waals surface area contributed by atoms with Crippen LogP contribution >= 0.6 is 0 Å². The summed E-state index contributed by atoms with van der Waals surface area (Å²) in [6.07, 6.45) is 0.898. The number of alkyl halides is 1. The molecule has 3 nitrogen and oxygen atoms in total. The molecule has 3 N–H and O–H groups in total. The van der Waals surface area contributed by atoms with Crippen LogP contribution in [-0.4, -0.2) is 23.3 Å². The van der Waals surface area contributed by atoms with E-state index in [1.54, 1.807) is 0 Å². The third kappa shape index (κ3) is 1.68. The van der Waals surface area contributed by atoms with Crippen LogP contribution in [0, 0.1) is 5.92 Å². The molecule has 1 aliphatic rings. The molecule has 2 unspecified atom stereocenters. The highest BCUT2D eigenvalue weighted by Gasteiger charge is 2.34. The molecule has 0 spiro atoms. The summed E-state index contributed by atoms with van der Waals surface area (Å²) in [7, 11) is 0. The first-order valence-corrected chi connectivity index (χ1v) is 3.75. The van der Waals surface area contributed by atoms with Crippen LogP contribution in [-0.2, 0) is 4.79 Å². The Balaban J connectivity index is 2.38. The first kappa shape index (κ1) is 8.46. The van der Waals surface area contributed by atoms with E-state index in [4.69, 9.17) is 10.8 Å². The van der Waals surface area contributed by atoms with Crippen LogP contribution in [0.5, 0.6) is 0 Å². The molecule has 0 bridgehead atoms.